The zero-order valence-electron chi connectivity index (χ0n) is 13.5. The highest BCUT2D eigenvalue weighted by atomic mass is 32.1. The van der Waals surface area contributed by atoms with Crippen LogP contribution in [0.2, 0.25) is 0 Å². The van der Waals surface area contributed by atoms with Gasteiger partial charge in [-0.15, -0.1) is 0 Å². The molecule has 0 amide bonds. The Balaban J connectivity index is 1.96. The number of benzene rings is 2. The first-order chi connectivity index (χ1) is 11.7. The number of hydrogen-bond acceptors (Lipinski definition) is 2. The zero-order chi connectivity index (χ0) is 16.3. The Morgan fingerprint density at radius 2 is 1.75 bits per heavy atom. The van der Waals surface area contributed by atoms with Crippen LogP contribution < -0.4 is 4.57 Å². The maximum Gasteiger partial charge on any atom is 0.216 e. The Kier molecular flexibility index (Phi) is 2.82. The van der Waals surface area contributed by atoms with E-state index in [0.29, 0.717) is 0 Å². The average Bonchev–Trinajstić information content (AvgIpc) is 3.11. The van der Waals surface area contributed by atoms with E-state index in [-0.39, 0.29) is 0 Å². The summed E-state index contributed by atoms with van der Waals surface area (Å²) in [6.07, 6.45) is 2.08. The molecular weight excluding hydrogens is 314 g/mol. The van der Waals surface area contributed by atoms with Crippen molar-refractivity contribution in [2.75, 3.05) is 0 Å². The van der Waals surface area contributed by atoms with Gasteiger partial charge in [-0.2, -0.15) is 0 Å². The van der Waals surface area contributed by atoms with Gasteiger partial charge in [-0.1, -0.05) is 41.7 Å². The number of hydrogen-bond donors (Lipinski definition) is 0. The fourth-order valence-electron chi connectivity index (χ4n) is 3.53. The van der Waals surface area contributed by atoms with Crippen LogP contribution in [0.3, 0.4) is 0 Å². The molecule has 116 valence electrons. The summed E-state index contributed by atoms with van der Waals surface area (Å²) in [4.78, 5) is 1.01. The van der Waals surface area contributed by atoms with Crippen molar-refractivity contribution in [2.24, 2.45) is 7.05 Å². The smallest absolute Gasteiger partial charge is 0.216 e. The lowest BCUT2D eigenvalue weighted by atomic mass is 10.0. The van der Waals surface area contributed by atoms with Gasteiger partial charge in [-0.3, -0.25) is 0 Å². The lowest BCUT2D eigenvalue weighted by Gasteiger charge is -2.05. The molecule has 5 rings (SSSR count). The van der Waals surface area contributed by atoms with Crippen LogP contribution in [0, 0.1) is 6.92 Å². The van der Waals surface area contributed by atoms with Crippen LogP contribution in [0.4, 0.5) is 0 Å². The third kappa shape index (κ3) is 1.79. The van der Waals surface area contributed by atoms with Crippen LogP contribution in [0.15, 0.2) is 65.2 Å². The van der Waals surface area contributed by atoms with Gasteiger partial charge >= 0.3 is 0 Å². The van der Waals surface area contributed by atoms with Crippen molar-refractivity contribution in [3.63, 3.8) is 0 Å². The molecule has 2 aromatic carbocycles. The quantitative estimate of drug-likeness (QED) is 0.366. The van der Waals surface area contributed by atoms with E-state index in [1.807, 2.05) is 6.07 Å². The lowest BCUT2D eigenvalue weighted by molar-refractivity contribution is -0.660. The fraction of sp³-hybridized carbons (Fsp3) is 0.0952. The molecule has 0 saturated carbocycles. The van der Waals surface area contributed by atoms with Gasteiger partial charge in [-0.25, -0.2) is 4.57 Å². The van der Waals surface area contributed by atoms with E-state index in [2.05, 4.69) is 73.3 Å². The fourth-order valence-corrected chi connectivity index (χ4v) is 4.60. The summed E-state index contributed by atoms with van der Waals surface area (Å²) in [7, 11) is 2.08. The monoisotopic (exact) mass is 330 g/mol. The Morgan fingerprint density at radius 1 is 0.917 bits per heavy atom. The molecule has 0 aliphatic heterocycles. The number of rotatable bonds is 1. The minimum Gasteiger partial charge on any atom is -0.444 e. The van der Waals surface area contributed by atoms with Crippen LogP contribution in [-0.2, 0) is 7.05 Å². The van der Waals surface area contributed by atoms with Gasteiger partial charge in [0.05, 0.1) is 5.56 Å². The van der Waals surface area contributed by atoms with E-state index < -0.39 is 0 Å². The van der Waals surface area contributed by atoms with Gasteiger partial charge in [0.15, 0.2) is 16.7 Å². The summed E-state index contributed by atoms with van der Waals surface area (Å²) in [5.74, 6) is 0. The standard InChI is InChI=1S/C21H16NOS/c1-13-10-11-15-19-14-7-3-4-9-17(14)24-21(19)23-20(15)18(13)16-8-5-6-12-22(16)2/h3-12H,1-2H3/q+1. The van der Waals surface area contributed by atoms with Gasteiger partial charge in [0.1, 0.15) is 7.05 Å². The maximum absolute atomic E-state index is 6.36. The number of fused-ring (bicyclic) bond motifs is 5. The Bertz CT molecular complexity index is 1230. The van der Waals surface area contributed by atoms with Gasteiger partial charge in [0, 0.05) is 33.0 Å². The minimum atomic E-state index is 0.990. The van der Waals surface area contributed by atoms with Gasteiger partial charge in [-0.05, 0) is 24.6 Å². The number of furan rings is 1. The first-order valence-corrected chi connectivity index (χ1v) is 8.84. The van der Waals surface area contributed by atoms with E-state index in [1.165, 1.54) is 37.7 Å². The number of nitrogens with zero attached hydrogens (tertiary/aromatic N) is 1. The summed E-state index contributed by atoms with van der Waals surface area (Å²) >= 11 is 1.73. The van der Waals surface area contributed by atoms with Crippen LogP contribution in [-0.4, -0.2) is 0 Å². The summed E-state index contributed by atoms with van der Waals surface area (Å²) in [6, 6.07) is 19.2. The van der Waals surface area contributed by atoms with Crippen molar-refractivity contribution in [2.45, 2.75) is 6.92 Å². The first kappa shape index (κ1) is 13.8. The van der Waals surface area contributed by atoms with Crippen LogP contribution in [0.25, 0.3) is 42.6 Å². The molecule has 0 aliphatic carbocycles. The van der Waals surface area contributed by atoms with Crippen LogP contribution >= 0.6 is 11.3 Å². The molecule has 3 heteroatoms. The van der Waals surface area contributed by atoms with Gasteiger partial charge in [0.25, 0.3) is 0 Å². The molecule has 3 heterocycles. The van der Waals surface area contributed by atoms with Crippen molar-refractivity contribution in [1.29, 1.82) is 0 Å². The second kappa shape index (κ2) is 4.92. The molecular formula is C21H16NOS+. The Labute approximate surface area is 143 Å². The van der Waals surface area contributed by atoms with E-state index >= 15 is 0 Å². The Hall–Kier alpha value is -2.65. The summed E-state index contributed by atoms with van der Waals surface area (Å²) in [6.45, 7) is 2.15. The average molecular weight is 330 g/mol. The third-order valence-electron chi connectivity index (χ3n) is 4.70. The molecule has 2 nitrogen and oxygen atoms in total. The molecule has 0 fully saturated rings. The molecule has 0 N–H and O–H groups in total. The SMILES string of the molecule is Cc1ccc2c(oc3sc4ccccc4c32)c1-c1cccc[n+]1C. The van der Waals surface area contributed by atoms with Crippen molar-refractivity contribution < 1.29 is 8.98 Å². The third-order valence-corrected chi connectivity index (χ3v) is 5.75. The van der Waals surface area contributed by atoms with Crippen molar-refractivity contribution >= 4 is 42.7 Å². The normalized spacial score (nSPS) is 11.8. The molecule has 3 aromatic heterocycles. The predicted molar refractivity (Wildman–Crippen MR) is 100 cm³/mol. The highest BCUT2D eigenvalue weighted by Gasteiger charge is 2.21. The predicted octanol–water partition coefficient (Wildman–Crippen LogP) is 5.60. The second-order valence-electron chi connectivity index (χ2n) is 6.19. The topological polar surface area (TPSA) is 17.0 Å². The van der Waals surface area contributed by atoms with Crippen molar-refractivity contribution in [3.05, 3.63) is 66.4 Å². The zero-order valence-corrected chi connectivity index (χ0v) is 14.4. The maximum atomic E-state index is 6.36. The molecule has 0 saturated heterocycles. The Morgan fingerprint density at radius 3 is 2.62 bits per heavy atom. The number of aromatic nitrogens is 1. The summed E-state index contributed by atoms with van der Waals surface area (Å²) in [5, 5.41) is 3.72. The lowest BCUT2D eigenvalue weighted by Crippen LogP contribution is -2.30. The molecule has 0 spiro atoms. The highest BCUT2D eigenvalue weighted by molar-refractivity contribution is 7.25. The molecule has 0 aliphatic rings. The summed E-state index contributed by atoms with van der Waals surface area (Å²) in [5.41, 5.74) is 4.58. The van der Waals surface area contributed by atoms with Crippen molar-refractivity contribution in [3.8, 4) is 11.3 Å². The number of thiophene rings is 1. The summed E-state index contributed by atoms with van der Waals surface area (Å²) < 4.78 is 9.79. The van der Waals surface area contributed by atoms with E-state index in [9.17, 15) is 0 Å². The van der Waals surface area contributed by atoms with E-state index in [4.69, 9.17) is 4.42 Å². The number of aryl methyl sites for hydroxylation is 2. The van der Waals surface area contributed by atoms with Gasteiger partial charge < -0.3 is 4.42 Å². The van der Waals surface area contributed by atoms with Crippen molar-refractivity contribution in [1.82, 2.24) is 0 Å². The molecule has 24 heavy (non-hydrogen) atoms. The molecule has 0 bridgehead atoms. The second-order valence-corrected chi connectivity index (χ2v) is 7.21. The molecule has 0 atom stereocenters. The molecule has 5 aromatic rings. The van der Waals surface area contributed by atoms with E-state index in [1.54, 1.807) is 11.3 Å². The van der Waals surface area contributed by atoms with Crippen LogP contribution in [0.5, 0.6) is 0 Å². The molecule has 0 radical (unpaired) electrons. The largest absolute Gasteiger partial charge is 0.444 e. The highest BCUT2D eigenvalue weighted by Crippen LogP contribution is 2.43. The number of pyridine rings is 1. The van der Waals surface area contributed by atoms with Crippen LogP contribution in [0.1, 0.15) is 5.56 Å². The van der Waals surface area contributed by atoms with E-state index in [0.717, 1.165) is 10.5 Å². The minimum absolute atomic E-state index is 0.990. The first-order valence-electron chi connectivity index (χ1n) is 8.02. The van der Waals surface area contributed by atoms with Gasteiger partial charge in [0.2, 0.25) is 5.69 Å². The molecule has 0 unspecified atom stereocenters.